The van der Waals surface area contributed by atoms with Gasteiger partial charge in [0.15, 0.2) is 5.82 Å². The van der Waals surface area contributed by atoms with E-state index >= 15 is 0 Å². The molecule has 1 aliphatic heterocycles. The molecule has 1 aliphatic rings. The van der Waals surface area contributed by atoms with Gasteiger partial charge in [-0.15, -0.1) is 0 Å². The van der Waals surface area contributed by atoms with Gasteiger partial charge in [0.25, 0.3) is 0 Å². The molecule has 1 aromatic rings. The fraction of sp³-hybridized carbons (Fsp3) is 0.615. The molecule has 0 atom stereocenters. The lowest BCUT2D eigenvalue weighted by molar-refractivity contribution is 0.0240. The number of aromatic nitrogens is 2. The highest BCUT2D eigenvalue weighted by molar-refractivity contribution is 9.10. The number of piperazine rings is 1. The number of carbonyl (C=O) groups is 1. The quantitative estimate of drug-likeness (QED) is 0.783. The molecule has 2 heterocycles. The van der Waals surface area contributed by atoms with Gasteiger partial charge in [-0.2, -0.15) is 0 Å². The number of nitrogens with zero attached hydrogens (tertiary/aromatic N) is 4. The molecule has 0 unspecified atom stereocenters. The Kier molecular flexibility index (Phi) is 4.47. The van der Waals surface area contributed by atoms with E-state index in [1.54, 1.807) is 17.3 Å². The number of amides is 1. The Morgan fingerprint density at radius 2 is 1.80 bits per heavy atom. The summed E-state index contributed by atoms with van der Waals surface area (Å²) >= 11 is 3.40. The number of hydrogen-bond donors (Lipinski definition) is 0. The van der Waals surface area contributed by atoms with Crippen molar-refractivity contribution in [2.45, 2.75) is 26.4 Å². The van der Waals surface area contributed by atoms with Crippen LogP contribution in [-0.2, 0) is 4.74 Å². The minimum Gasteiger partial charge on any atom is -0.444 e. The normalized spacial score (nSPS) is 16.2. The van der Waals surface area contributed by atoms with Crippen molar-refractivity contribution in [1.29, 1.82) is 0 Å². The second kappa shape index (κ2) is 5.95. The standard InChI is InChI=1S/C13H19BrN4O2/c1-13(2,3)20-12(19)18-8-6-17(7-9-18)11-10(14)15-4-5-16-11/h4-5H,6-9H2,1-3H3. The molecule has 0 radical (unpaired) electrons. The monoisotopic (exact) mass is 342 g/mol. The number of carbonyl (C=O) groups excluding carboxylic acids is 1. The molecule has 0 aromatic carbocycles. The third-order valence-electron chi connectivity index (χ3n) is 2.87. The van der Waals surface area contributed by atoms with E-state index in [1.165, 1.54) is 0 Å². The van der Waals surface area contributed by atoms with E-state index in [9.17, 15) is 4.79 Å². The highest BCUT2D eigenvalue weighted by atomic mass is 79.9. The van der Waals surface area contributed by atoms with E-state index in [-0.39, 0.29) is 6.09 Å². The van der Waals surface area contributed by atoms with Gasteiger partial charge < -0.3 is 14.5 Å². The zero-order chi connectivity index (χ0) is 14.8. The van der Waals surface area contributed by atoms with Crippen LogP contribution in [0.15, 0.2) is 17.0 Å². The summed E-state index contributed by atoms with van der Waals surface area (Å²) in [5, 5.41) is 0. The van der Waals surface area contributed by atoms with Crippen molar-refractivity contribution >= 4 is 27.8 Å². The average Bonchev–Trinajstić information content (AvgIpc) is 2.37. The first-order valence-electron chi connectivity index (χ1n) is 6.56. The molecule has 1 fully saturated rings. The third-order valence-corrected chi connectivity index (χ3v) is 3.43. The molecule has 0 bridgehead atoms. The summed E-state index contributed by atoms with van der Waals surface area (Å²) < 4.78 is 6.10. The van der Waals surface area contributed by atoms with Crippen molar-refractivity contribution in [2.75, 3.05) is 31.1 Å². The molecule has 2 rings (SSSR count). The van der Waals surface area contributed by atoms with Crippen LogP contribution >= 0.6 is 15.9 Å². The highest BCUT2D eigenvalue weighted by Crippen LogP contribution is 2.22. The van der Waals surface area contributed by atoms with Gasteiger partial charge in [-0.05, 0) is 36.7 Å². The van der Waals surface area contributed by atoms with Crippen LogP contribution in [-0.4, -0.2) is 52.7 Å². The van der Waals surface area contributed by atoms with Crippen LogP contribution in [0.1, 0.15) is 20.8 Å². The third kappa shape index (κ3) is 3.82. The summed E-state index contributed by atoms with van der Waals surface area (Å²) in [6, 6.07) is 0. The fourth-order valence-electron chi connectivity index (χ4n) is 1.95. The lowest BCUT2D eigenvalue weighted by atomic mass is 10.2. The van der Waals surface area contributed by atoms with Crippen LogP contribution in [0.2, 0.25) is 0 Å². The largest absolute Gasteiger partial charge is 0.444 e. The van der Waals surface area contributed by atoms with Crippen LogP contribution in [0.4, 0.5) is 10.6 Å². The Labute approximate surface area is 127 Å². The Hall–Kier alpha value is -1.37. The van der Waals surface area contributed by atoms with E-state index in [0.29, 0.717) is 13.1 Å². The van der Waals surface area contributed by atoms with E-state index in [4.69, 9.17) is 4.74 Å². The van der Waals surface area contributed by atoms with Crippen molar-refractivity contribution in [3.8, 4) is 0 Å². The molecule has 110 valence electrons. The van der Waals surface area contributed by atoms with E-state index in [2.05, 4.69) is 30.8 Å². The molecule has 1 amide bonds. The number of anilines is 1. The van der Waals surface area contributed by atoms with Crippen molar-refractivity contribution in [1.82, 2.24) is 14.9 Å². The van der Waals surface area contributed by atoms with Crippen molar-refractivity contribution in [3.63, 3.8) is 0 Å². The smallest absolute Gasteiger partial charge is 0.410 e. The first-order chi connectivity index (χ1) is 9.37. The van der Waals surface area contributed by atoms with Crippen molar-refractivity contribution in [2.24, 2.45) is 0 Å². The predicted octanol–water partition coefficient (Wildman–Crippen LogP) is 2.30. The van der Waals surface area contributed by atoms with Gasteiger partial charge in [0, 0.05) is 38.6 Å². The number of ether oxygens (including phenoxy) is 1. The summed E-state index contributed by atoms with van der Waals surface area (Å²) in [6.07, 6.45) is 3.06. The molecule has 0 N–H and O–H groups in total. The van der Waals surface area contributed by atoms with E-state index in [0.717, 1.165) is 23.5 Å². The molecule has 1 saturated heterocycles. The molecule has 20 heavy (non-hydrogen) atoms. The average molecular weight is 343 g/mol. The second-order valence-electron chi connectivity index (χ2n) is 5.63. The SMILES string of the molecule is CC(C)(C)OC(=O)N1CCN(c2nccnc2Br)CC1. The second-order valence-corrected chi connectivity index (χ2v) is 6.38. The summed E-state index contributed by atoms with van der Waals surface area (Å²) in [7, 11) is 0. The molecule has 0 spiro atoms. The topological polar surface area (TPSA) is 58.6 Å². The zero-order valence-electron chi connectivity index (χ0n) is 12.0. The molecule has 0 aliphatic carbocycles. The van der Waals surface area contributed by atoms with Gasteiger partial charge in [0.1, 0.15) is 10.2 Å². The Morgan fingerprint density at radius 1 is 1.20 bits per heavy atom. The molecular formula is C13H19BrN4O2. The maximum Gasteiger partial charge on any atom is 0.410 e. The first kappa shape index (κ1) is 15.0. The van der Waals surface area contributed by atoms with Crippen LogP contribution in [0, 0.1) is 0 Å². The van der Waals surface area contributed by atoms with Gasteiger partial charge in [-0.25, -0.2) is 14.8 Å². The van der Waals surface area contributed by atoms with Gasteiger partial charge in [-0.1, -0.05) is 0 Å². The fourth-order valence-corrected chi connectivity index (χ4v) is 2.42. The van der Waals surface area contributed by atoms with E-state index in [1.807, 2.05) is 20.8 Å². The van der Waals surface area contributed by atoms with Gasteiger partial charge in [0.2, 0.25) is 0 Å². The zero-order valence-corrected chi connectivity index (χ0v) is 13.6. The predicted molar refractivity (Wildman–Crippen MR) is 79.8 cm³/mol. The van der Waals surface area contributed by atoms with Crippen LogP contribution in [0.3, 0.4) is 0 Å². The Bertz CT molecular complexity index is 482. The minimum absolute atomic E-state index is 0.254. The van der Waals surface area contributed by atoms with Gasteiger partial charge in [-0.3, -0.25) is 0 Å². The van der Waals surface area contributed by atoms with Gasteiger partial charge in [0.05, 0.1) is 0 Å². The lowest BCUT2D eigenvalue weighted by Gasteiger charge is -2.36. The number of rotatable bonds is 1. The Morgan fingerprint density at radius 3 is 2.35 bits per heavy atom. The first-order valence-corrected chi connectivity index (χ1v) is 7.35. The lowest BCUT2D eigenvalue weighted by Crippen LogP contribution is -2.50. The minimum atomic E-state index is -0.456. The van der Waals surface area contributed by atoms with Gasteiger partial charge >= 0.3 is 6.09 Å². The highest BCUT2D eigenvalue weighted by Gasteiger charge is 2.26. The van der Waals surface area contributed by atoms with Crippen LogP contribution in [0.5, 0.6) is 0 Å². The maximum absolute atomic E-state index is 12.0. The van der Waals surface area contributed by atoms with Crippen LogP contribution in [0.25, 0.3) is 0 Å². The molecule has 7 heteroatoms. The molecular weight excluding hydrogens is 324 g/mol. The summed E-state index contributed by atoms with van der Waals surface area (Å²) in [5.41, 5.74) is -0.456. The summed E-state index contributed by atoms with van der Waals surface area (Å²) in [4.78, 5) is 24.3. The molecule has 1 aromatic heterocycles. The molecule has 0 saturated carbocycles. The summed E-state index contributed by atoms with van der Waals surface area (Å²) in [6.45, 7) is 8.30. The summed E-state index contributed by atoms with van der Waals surface area (Å²) in [5.74, 6) is 0.816. The van der Waals surface area contributed by atoms with Crippen LogP contribution < -0.4 is 4.90 Å². The molecule has 6 nitrogen and oxygen atoms in total. The maximum atomic E-state index is 12.0. The van der Waals surface area contributed by atoms with Crippen molar-refractivity contribution < 1.29 is 9.53 Å². The Balaban J connectivity index is 1.93. The van der Waals surface area contributed by atoms with Crippen molar-refractivity contribution in [3.05, 3.63) is 17.0 Å². The number of hydrogen-bond acceptors (Lipinski definition) is 5. The number of halogens is 1. The van der Waals surface area contributed by atoms with E-state index < -0.39 is 5.60 Å².